The number of hydrazine groups is 1. The van der Waals surface area contributed by atoms with Crippen molar-refractivity contribution < 1.29 is 14.3 Å². The van der Waals surface area contributed by atoms with Gasteiger partial charge in [0.1, 0.15) is 5.75 Å². The molecule has 1 fully saturated rings. The Morgan fingerprint density at radius 3 is 2.65 bits per heavy atom. The molecule has 1 aliphatic heterocycles. The van der Waals surface area contributed by atoms with Crippen LogP contribution in [0.15, 0.2) is 53.4 Å². The lowest BCUT2D eigenvalue weighted by Gasteiger charge is -2.15. The Balaban J connectivity index is 1.75. The summed E-state index contributed by atoms with van der Waals surface area (Å²) < 4.78 is 5.31. The van der Waals surface area contributed by atoms with Crippen molar-refractivity contribution in [3.8, 4) is 5.75 Å². The van der Waals surface area contributed by atoms with E-state index >= 15 is 0 Å². The highest BCUT2D eigenvalue weighted by Gasteiger charge is 2.33. The highest BCUT2D eigenvalue weighted by molar-refractivity contribution is 8.26. The summed E-state index contributed by atoms with van der Waals surface area (Å²) in [5.41, 5.74) is 3.70. The van der Waals surface area contributed by atoms with E-state index in [4.69, 9.17) is 28.6 Å². The maximum absolute atomic E-state index is 12.6. The van der Waals surface area contributed by atoms with Gasteiger partial charge in [-0.3, -0.25) is 15.0 Å². The zero-order valence-electron chi connectivity index (χ0n) is 13.6. The predicted octanol–water partition coefficient (Wildman–Crippen LogP) is 3.89. The fourth-order valence-corrected chi connectivity index (χ4v) is 3.60. The normalized spacial score (nSPS) is 15.5. The Labute approximate surface area is 164 Å². The summed E-state index contributed by atoms with van der Waals surface area (Å²) in [4.78, 5) is 25.3. The number of nitrogens with zero attached hydrogens (tertiary/aromatic N) is 1. The standard InChI is InChI=1S/C18H13ClN2O3S2/c1-24-14-7-5-12(6-8-14)16(22)20-21-17(23)15(26-18(21)25)10-11-3-2-4-13(19)9-11/h2-10H,1H3,(H,20,22). The van der Waals surface area contributed by atoms with Gasteiger partial charge in [0.15, 0.2) is 4.32 Å². The third-order valence-corrected chi connectivity index (χ3v) is 5.04. The van der Waals surface area contributed by atoms with Gasteiger partial charge in [-0.2, -0.15) is 5.01 Å². The first-order valence-electron chi connectivity index (χ1n) is 7.46. The zero-order valence-corrected chi connectivity index (χ0v) is 16.0. The summed E-state index contributed by atoms with van der Waals surface area (Å²) in [6, 6.07) is 13.6. The minimum absolute atomic E-state index is 0.255. The molecule has 2 aromatic rings. The van der Waals surface area contributed by atoms with Crippen LogP contribution in [0.4, 0.5) is 0 Å². The molecule has 1 aliphatic rings. The Hall–Kier alpha value is -2.35. The van der Waals surface area contributed by atoms with E-state index in [2.05, 4.69) is 5.43 Å². The number of carbonyl (C=O) groups excluding carboxylic acids is 2. The lowest BCUT2D eigenvalue weighted by Crippen LogP contribution is -2.44. The maximum Gasteiger partial charge on any atom is 0.285 e. The number of carbonyl (C=O) groups is 2. The molecule has 5 nitrogen and oxygen atoms in total. The van der Waals surface area contributed by atoms with E-state index < -0.39 is 5.91 Å². The van der Waals surface area contributed by atoms with Gasteiger partial charge in [0.05, 0.1) is 12.0 Å². The molecule has 0 aliphatic carbocycles. The largest absolute Gasteiger partial charge is 0.497 e. The van der Waals surface area contributed by atoms with Gasteiger partial charge in [0.2, 0.25) is 0 Å². The highest BCUT2D eigenvalue weighted by atomic mass is 35.5. The van der Waals surface area contributed by atoms with E-state index in [9.17, 15) is 9.59 Å². The molecule has 0 aromatic heterocycles. The summed E-state index contributed by atoms with van der Waals surface area (Å²) in [5.74, 6) is -0.189. The predicted molar refractivity (Wildman–Crippen MR) is 107 cm³/mol. The van der Waals surface area contributed by atoms with Crippen molar-refractivity contribution in [2.75, 3.05) is 7.11 Å². The fourth-order valence-electron chi connectivity index (χ4n) is 2.22. The summed E-state index contributed by atoms with van der Waals surface area (Å²) in [5, 5.41) is 1.64. The van der Waals surface area contributed by atoms with Crippen molar-refractivity contribution in [2.24, 2.45) is 0 Å². The Bertz CT molecular complexity index is 913. The van der Waals surface area contributed by atoms with Crippen LogP contribution in [0.2, 0.25) is 5.02 Å². The molecule has 1 saturated heterocycles. The van der Waals surface area contributed by atoms with E-state index in [0.29, 0.717) is 21.2 Å². The number of methoxy groups -OCH3 is 1. The molecule has 3 rings (SSSR count). The third-order valence-electron chi connectivity index (χ3n) is 3.51. The van der Waals surface area contributed by atoms with Gasteiger partial charge in [0, 0.05) is 10.6 Å². The Kier molecular flexibility index (Phi) is 5.61. The van der Waals surface area contributed by atoms with Gasteiger partial charge in [-0.25, -0.2) is 0 Å². The summed E-state index contributed by atoms with van der Waals surface area (Å²) >= 11 is 12.3. The molecular weight excluding hydrogens is 392 g/mol. The van der Waals surface area contributed by atoms with E-state index in [0.717, 1.165) is 22.3 Å². The van der Waals surface area contributed by atoms with E-state index in [-0.39, 0.29) is 10.2 Å². The number of ether oxygens (including phenoxy) is 1. The van der Waals surface area contributed by atoms with Crippen LogP contribution in [0.1, 0.15) is 15.9 Å². The average molecular weight is 405 g/mol. The lowest BCUT2D eigenvalue weighted by molar-refractivity contribution is -0.123. The Morgan fingerprint density at radius 2 is 2.00 bits per heavy atom. The first-order chi connectivity index (χ1) is 12.5. The second-order valence-electron chi connectivity index (χ2n) is 5.24. The summed E-state index contributed by atoms with van der Waals surface area (Å²) in [6.07, 6.45) is 1.69. The van der Waals surface area contributed by atoms with Crippen LogP contribution in [-0.2, 0) is 4.79 Å². The number of amides is 2. The average Bonchev–Trinajstić information content (AvgIpc) is 2.89. The van der Waals surface area contributed by atoms with Crippen LogP contribution >= 0.6 is 35.6 Å². The maximum atomic E-state index is 12.6. The molecule has 0 atom stereocenters. The molecule has 2 aromatic carbocycles. The minimum atomic E-state index is -0.437. The highest BCUT2D eigenvalue weighted by Crippen LogP contribution is 2.31. The molecule has 2 amide bonds. The van der Waals surface area contributed by atoms with Gasteiger partial charge in [-0.05, 0) is 60.3 Å². The lowest BCUT2D eigenvalue weighted by atomic mass is 10.2. The number of thiocarbonyl (C=S) groups is 1. The number of thioether (sulfide) groups is 1. The molecule has 1 heterocycles. The van der Waals surface area contributed by atoms with E-state index in [1.807, 2.05) is 6.07 Å². The van der Waals surface area contributed by atoms with Gasteiger partial charge >= 0.3 is 0 Å². The van der Waals surface area contributed by atoms with E-state index in [1.165, 1.54) is 0 Å². The van der Waals surface area contributed by atoms with Crippen molar-refractivity contribution >= 4 is 57.8 Å². The van der Waals surface area contributed by atoms with Crippen LogP contribution in [-0.4, -0.2) is 28.3 Å². The van der Waals surface area contributed by atoms with Crippen molar-refractivity contribution in [3.63, 3.8) is 0 Å². The number of rotatable bonds is 4. The molecule has 8 heteroatoms. The van der Waals surface area contributed by atoms with Gasteiger partial charge in [-0.15, -0.1) is 0 Å². The monoisotopic (exact) mass is 404 g/mol. The fraction of sp³-hybridized carbons (Fsp3) is 0.0556. The van der Waals surface area contributed by atoms with E-state index in [1.54, 1.807) is 55.7 Å². The second-order valence-corrected chi connectivity index (χ2v) is 7.35. The SMILES string of the molecule is COc1ccc(C(=O)NN2C(=O)C(=Cc3cccc(Cl)c3)SC2=S)cc1. The van der Waals surface area contributed by atoms with Gasteiger partial charge in [0.25, 0.3) is 11.8 Å². The number of hydrogen-bond donors (Lipinski definition) is 1. The summed E-state index contributed by atoms with van der Waals surface area (Å²) in [7, 11) is 1.54. The van der Waals surface area contributed by atoms with Crippen LogP contribution in [0.3, 0.4) is 0 Å². The molecule has 1 N–H and O–H groups in total. The zero-order chi connectivity index (χ0) is 18.7. The first kappa shape index (κ1) is 18.4. The first-order valence-corrected chi connectivity index (χ1v) is 9.07. The summed E-state index contributed by atoms with van der Waals surface area (Å²) in [6.45, 7) is 0. The molecule has 26 heavy (non-hydrogen) atoms. The Morgan fingerprint density at radius 1 is 1.27 bits per heavy atom. The molecule has 0 bridgehead atoms. The molecule has 132 valence electrons. The topological polar surface area (TPSA) is 58.6 Å². The molecule has 0 saturated carbocycles. The van der Waals surface area contributed by atoms with Gasteiger partial charge in [-0.1, -0.05) is 35.5 Å². The van der Waals surface area contributed by atoms with Crippen LogP contribution in [0.25, 0.3) is 6.08 Å². The quantitative estimate of drug-likeness (QED) is 0.618. The third kappa shape index (κ3) is 4.07. The van der Waals surface area contributed by atoms with Crippen molar-refractivity contribution in [2.45, 2.75) is 0 Å². The molecule has 0 unspecified atom stereocenters. The molecule has 0 spiro atoms. The smallest absolute Gasteiger partial charge is 0.285 e. The second kappa shape index (κ2) is 7.90. The molecular formula is C18H13ClN2O3S2. The molecule has 0 radical (unpaired) electrons. The number of nitrogens with one attached hydrogen (secondary N) is 1. The van der Waals surface area contributed by atoms with Crippen LogP contribution in [0, 0.1) is 0 Å². The van der Waals surface area contributed by atoms with Crippen LogP contribution < -0.4 is 10.2 Å². The number of halogens is 1. The number of hydrogen-bond acceptors (Lipinski definition) is 5. The van der Waals surface area contributed by atoms with Gasteiger partial charge < -0.3 is 4.74 Å². The van der Waals surface area contributed by atoms with Crippen LogP contribution in [0.5, 0.6) is 5.75 Å². The minimum Gasteiger partial charge on any atom is -0.497 e. The number of benzene rings is 2. The van der Waals surface area contributed by atoms with Crippen molar-refractivity contribution in [1.29, 1.82) is 0 Å². The van der Waals surface area contributed by atoms with Crippen molar-refractivity contribution in [1.82, 2.24) is 10.4 Å². The van der Waals surface area contributed by atoms with Crippen molar-refractivity contribution in [3.05, 3.63) is 69.6 Å².